The van der Waals surface area contributed by atoms with Crippen LogP contribution in [0.3, 0.4) is 0 Å². The van der Waals surface area contributed by atoms with Gasteiger partial charge >= 0.3 is 7.12 Å². The zero-order chi connectivity index (χ0) is 13.4. The fraction of sp³-hybridized carbons (Fsp3) is 0.933. The van der Waals surface area contributed by atoms with E-state index in [4.69, 9.17) is 9.31 Å². The molecule has 0 bridgehead atoms. The van der Waals surface area contributed by atoms with Crippen molar-refractivity contribution >= 4 is 7.12 Å². The molecule has 0 spiro atoms. The van der Waals surface area contributed by atoms with Crippen LogP contribution in [0.1, 0.15) is 73.1 Å². The zero-order valence-corrected chi connectivity index (χ0v) is 12.7. The summed E-state index contributed by atoms with van der Waals surface area (Å²) in [7, 11) is -0.131. The van der Waals surface area contributed by atoms with Crippen LogP contribution in [0, 0.1) is 11.7 Å². The Balaban J connectivity index is 1.85. The van der Waals surface area contributed by atoms with Gasteiger partial charge in [0.1, 0.15) is 0 Å². The fourth-order valence-electron chi connectivity index (χ4n) is 2.98. The summed E-state index contributed by atoms with van der Waals surface area (Å²) in [5, 5.41) is 0. The summed E-state index contributed by atoms with van der Waals surface area (Å²) in [5.74, 6) is 0. The first-order chi connectivity index (χ1) is 8.24. The summed E-state index contributed by atoms with van der Waals surface area (Å²) in [6, 6.07) is 0. The highest BCUT2D eigenvalue weighted by molar-refractivity contribution is 6.49. The van der Waals surface area contributed by atoms with E-state index >= 15 is 0 Å². The monoisotopic (exact) mass is 251 g/mol. The maximum Gasteiger partial charge on any atom is 0.460 e. The van der Waals surface area contributed by atoms with Crippen LogP contribution in [0.25, 0.3) is 0 Å². The third-order valence-corrected chi connectivity index (χ3v) is 5.14. The average Bonchev–Trinajstić information content (AvgIpc) is 2.46. The molecule has 0 aromatic rings. The molecule has 0 amide bonds. The van der Waals surface area contributed by atoms with Crippen molar-refractivity contribution in [3.63, 3.8) is 0 Å². The predicted molar refractivity (Wildman–Crippen MR) is 76.2 cm³/mol. The van der Waals surface area contributed by atoms with Crippen molar-refractivity contribution < 1.29 is 9.31 Å². The molecule has 0 atom stereocenters. The summed E-state index contributed by atoms with van der Waals surface area (Å²) in [6.45, 7) is 10.9. The number of hydrogen-bond donors (Lipinski definition) is 0. The highest BCUT2D eigenvalue weighted by Gasteiger charge is 2.51. The molecule has 1 aliphatic carbocycles. The van der Waals surface area contributed by atoms with Crippen LogP contribution in [0.15, 0.2) is 0 Å². The molecule has 18 heavy (non-hydrogen) atoms. The van der Waals surface area contributed by atoms with Gasteiger partial charge in [-0.2, -0.15) is 0 Å². The first-order valence-electron chi connectivity index (χ1n) is 7.43. The van der Waals surface area contributed by atoms with Crippen molar-refractivity contribution in [1.29, 1.82) is 0 Å². The molecule has 1 saturated heterocycles. The summed E-state index contributed by atoms with van der Waals surface area (Å²) < 4.78 is 12.0. The first kappa shape index (κ1) is 14.4. The maximum absolute atomic E-state index is 6.02. The van der Waals surface area contributed by atoms with E-state index in [9.17, 15) is 0 Å². The Kier molecular flexibility index (Phi) is 3.86. The van der Waals surface area contributed by atoms with Gasteiger partial charge in [-0.05, 0) is 58.7 Å². The van der Waals surface area contributed by atoms with Crippen LogP contribution in [0.5, 0.6) is 0 Å². The maximum atomic E-state index is 6.02. The van der Waals surface area contributed by atoms with Gasteiger partial charge in [-0.25, -0.2) is 0 Å². The number of hydrogen-bond acceptors (Lipinski definition) is 2. The number of rotatable bonds is 3. The molecular formula is C15H28BO2. The van der Waals surface area contributed by atoms with Crippen LogP contribution in [0.4, 0.5) is 0 Å². The smallest absolute Gasteiger partial charge is 0.403 e. The van der Waals surface area contributed by atoms with Crippen molar-refractivity contribution in [3.8, 4) is 0 Å². The van der Waals surface area contributed by atoms with Crippen LogP contribution < -0.4 is 0 Å². The van der Waals surface area contributed by atoms with Crippen LogP contribution in [0.2, 0.25) is 0 Å². The second-order valence-corrected chi connectivity index (χ2v) is 7.44. The molecule has 1 saturated carbocycles. The van der Waals surface area contributed by atoms with Crippen LogP contribution in [-0.4, -0.2) is 18.3 Å². The Morgan fingerprint density at radius 2 is 1.39 bits per heavy atom. The molecule has 1 heterocycles. The molecule has 2 rings (SSSR count). The third kappa shape index (κ3) is 2.93. The molecule has 0 unspecified atom stereocenters. The molecular weight excluding hydrogens is 223 g/mol. The van der Waals surface area contributed by atoms with Gasteiger partial charge in [0.05, 0.1) is 11.2 Å². The zero-order valence-electron chi connectivity index (χ0n) is 12.7. The molecule has 2 fully saturated rings. The molecule has 2 aliphatic rings. The van der Waals surface area contributed by atoms with Gasteiger partial charge in [0, 0.05) is 0 Å². The molecule has 1 radical (unpaired) electrons. The highest BCUT2D eigenvalue weighted by Crippen LogP contribution is 2.42. The van der Waals surface area contributed by atoms with Crippen molar-refractivity contribution in [2.24, 2.45) is 5.41 Å². The van der Waals surface area contributed by atoms with Gasteiger partial charge in [-0.15, -0.1) is 0 Å². The summed E-state index contributed by atoms with van der Waals surface area (Å²) >= 11 is 0. The Hall–Kier alpha value is -0.0151. The van der Waals surface area contributed by atoms with E-state index in [0.717, 1.165) is 6.42 Å². The summed E-state index contributed by atoms with van der Waals surface area (Å²) in [5.41, 5.74) is 0.0606. The van der Waals surface area contributed by atoms with E-state index in [-0.39, 0.29) is 18.3 Å². The topological polar surface area (TPSA) is 18.5 Å². The minimum Gasteiger partial charge on any atom is -0.403 e. The second kappa shape index (κ2) is 4.83. The average molecular weight is 251 g/mol. The summed E-state index contributed by atoms with van der Waals surface area (Å²) in [6.07, 6.45) is 10.2. The van der Waals surface area contributed by atoms with E-state index in [1.807, 2.05) is 0 Å². The van der Waals surface area contributed by atoms with Crippen molar-refractivity contribution in [2.45, 2.75) is 84.3 Å². The Labute approximate surface area is 113 Å². The molecule has 103 valence electrons. The normalized spacial score (nSPS) is 29.5. The van der Waals surface area contributed by atoms with Gasteiger partial charge in [0.25, 0.3) is 0 Å². The third-order valence-electron chi connectivity index (χ3n) is 5.14. The summed E-state index contributed by atoms with van der Waals surface area (Å²) in [4.78, 5) is 0. The van der Waals surface area contributed by atoms with E-state index in [1.165, 1.54) is 32.1 Å². The van der Waals surface area contributed by atoms with E-state index in [1.54, 1.807) is 0 Å². The lowest BCUT2D eigenvalue weighted by atomic mass is 9.68. The van der Waals surface area contributed by atoms with Crippen LogP contribution in [-0.2, 0) is 9.31 Å². The van der Waals surface area contributed by atoms with Crippen LogP contribution >= 0.6 is 0 Å². The first-order valence-corrected chi connectivity index (χ1v) is 7.43. The standard InChI is InChI=1S/C15H28BO2/c1-13(2)14(3,4)18-16(17-13)12-11-15(5)9-7-6-8-10-15/h12H,6-11H2,1-5H3. The van der Waals surface area contributed by atoms with Crippen molar-refractivity contribution in [2.75, 3.05) is 0 Å². The molecule has 0 aromatic heterocycles. The highest BCUT2D eigenvalue weighted by atomic mass is 16.7. The lowest BCUT2D eigenvalue weighted by molar-refractivity contribution is 0.00578. The van der Waals surface area contributed by atoms with Crippen molar-refractivity contribution in [1.82, 2.24) is 0 Å². The molecule has 3 heteroatoms. The predicted octanol–water partition coefficient (Wildman–Crippen LogP) is 4.18. The Bertz CT molecular complexity index is 277. The molecule has 0 aromatic carbocycles. The SMILES string of the molecule is CC1(C[CH]B2OC(C)(C)C(C)(C)O2)CCCCC1. The van der Waals surface area contributed by atoms with Gasteiger partial charge in [0.15, 0.2) is 0 Å². The van der Waals surface area contributed by atoms with Gasteiger partial charge < -0.3 is 9.31 Å². The molecule has 1 aliphatic heterocycles. The minimum atomic E-state index is -0.207. The quantitative estimate of drug-likeness (QED) is 0.700. The Morgan fingerprint density at radius 3 is 1.89 bits per heavy atom. The van der Waals surface area contributed by atoms with Crippen molar-refractivity contribution in [3.05, 3.63) is 6.32 Å². The van der Waals surface area contributed by atoms with E-state index < -0.39 is 0 Å². The molecule has 2 nitrogen and oxygen atoms in total. The lowest BCUT2D eigenvalue weighted by Gasteiger charge is -2.33. The minimum absolute atomic E-state index is 0.131. The molecule has 0 N–H and O–H groups in total. The largest absolute Gasteiger partial charge is 0.460 e. The van der Waals surface area contributed by atoms with E-state index in [2.05, 4.69) is 40.9 Å². The second-order valence-electron chi connectivity index (χ2n) is 7.44. The fourth-order valence-corrected chi connectivity index (χ4v) is 2.98. The van der Waals surface area contributed by atoms with Gasteiger partial charge in [0.2, 0.25) is 0 Å². The van der Waals surface area contributed by atoms with E-state index in [0.29, 0.717) is 5.41 Å². The van der Waals surface area contributed by atoms with Gasteiger partial charge in [-0.1, -0.05) is 26.2 Å². The van der Waals surface area contributed by atoms with Gasteiger partial charge in [-0.3, -0.25) is 0 Å². The lowest BCUT2D eigenvalue weighted by Crippen LogP contribution is -2.41. The Morgan fingerprint density at radius 1 is 0.889 bits per heavy atom.